The van der Waals surface area contributed by atoms with Gasteiger partial charge >= 0.3 is 0 Å². The first kappa shape index (κ1) is 15.1. The predicted octanol–water partition coefficient (Wildman–Crippen LogP) is 0.717. The van der Waals surface area contributed by atoms with Gasteiger partial charge in [0.15, 0.2) is 0 Å². The van der Waals surface area contributed by atoms with Crippen LogP contribution < -0.4 is 15.2 Å². The maximum Gasteiger partial charge on any atom is 0.242 e. The summed E-state index contributed by atoms with van der Waals surface area (Å²) < 4.78 is 31.9. The number of aliphatic hydroxyl groups excluding tert-OH is 1. The summed E-state index contributed by atoms with van der Waals surface area (Å²) in [6.45, 7) is 0.231. The first-order valence-corrected chi connectivity index (χ1v) is 8.03. The highest BCUT2D eigenvalue weighted by Crippen LogP contribution is 2.27. The van der Waals surface area contributed by atoms with Crippen LogP contribution in [0.25, 0.3) is 0 Å². The number of anilines is 1. The third-order valence-corrected chi connectivity index (χ3v) is 5.16. The number of hydrogen-bond acceptors (Lipinski definition) is 5. The van der Waals surface area contributed by atoms with Gasteiger partial charge in [-0.25, -0.2) is 13.1 Å². The monoisotopic (exact) mass is 300 g/mol. The van der Waals surface area contributed by atoms with E-state index in [1.807, 2.05) is 0 Å². The van der Waals surface area contributed by atoms with Crippen LogP contribution in [0.3, 0.4) is 0 Å². The summed E-state index contributed by atoms with van der Waals surface area (Å²) in [5.41, 5.74) is 5.89. The number of nitrogen functional groups attached to an aromatic ring is 1. The van der Waals surface area contributed by atoms with E-state index in [1.165, 1.54) is 19.2 Å². The topological polar surface area (TPSA) is 102 Å². The van der Waals surface area contributed by atoms with Crippen LogP contribution in [-0.2, 0) is 10.0 Å². The Morgan fingerprint density at radius 2 is 2.20 bits per heavy atom. The molecule has 20 heavy (non-hydrogen) atoms. The van der Waals surface area contributed by atoms with Gasteiger partial charge in [0.2, 0.25) is 10.0 Å². The Labute approximate surface area is 119 Å². The molecular formula is C13H20N2O4S. The van der Waals surface area contributed by atoms with Crippen LogP contribution in [0, 0.1) is 5.92 Å². The second-order valence-electron chi connectivity index (χ2n) is 5.01. The summed E-state index contributed by atoms with van der Waals surface area (Å²) in [6.07, 6.45) is 2.07. The van der Waals surface area contributed by atoms with Gasteiger partial charge in [-0.2, -0.15) is 0 Å². The summed E-state index contributed by atoms with van der Waals surface area (Å²) in [5, 5.41) is 9.70. The van der Waals surface area contributed by atoms with Crippen molar-refractivity contribution >= 4 is 15.7 Å². The molecule has 1 aliphatic carbocycles. The molecule has 0 saturated heterocycles. The van der Waals surface area contributed by atoms with Crippen molar-refractivity contribution in [1.82, 2.24) is 4.72 Å². The first-order chi connectivity index (χ1) is 9.44. The van der Waals surface area contributed by atoms with Crippen LogP contribution >= 0.6 is 0 Å². The van der Waals surface area contributed by atoms with Gasteiger partial charge in [0.25, 0.3) is 0 Å². The molecule has 1 aliphatic rings. The maximum atomic E-state index is 12.2. The average molecular weight is 300 g/mol. The lowest BCUT2D eigenvalue weighted by Crippen LogP contribution is -2.32. The van der Waals surface area contributed by atoms with E-state index >= 15 is 0 Å². The van der Waals surface area contributed by atoms with E-state index in [0.717, 1.165) is 19.3 Å². The second kappa shape index (κ2) is 5.99. The van der Waals surface area contributed by atoms with E-state index in [1.54, 1.807) is 6.07 Å². The summed E-state index contributed by atoms with van der Waals surface area (Å²) in [4.78, 5) is 0.0331. The number of methoxy groups -OCH3 is 1. The van der Waals surface area contributed by atoms with Gasteiger partial charge in [0, 0.05) is 12.6 Å². The molecule has 0 amide bonds. The van der Waals surface area contributed by atoms with Crippen molar-refractivity contribution < 1.29 is 18.3 Å². The third kappa shape index (κ3) is 3.23. The van der Waals surface area contributed by atoms with E-state index in [9.17, 15) is 13.5 Å². The Bertz CT molecular complexity index is 574. The number of nitrogens with one attached hydrogen (secondary N) is 1. The van der Waals surface area contributed by atoms with Gasteiger partial charge in [-0.05, 0) is 30.9 Å². The molecule has 7 heteroatoms. The van der Waals surface area contributed by atoms with Crippen molar-refractivity contribution in [3.8, 4) is 5.75 Å². The summed E-state index contributed by atoms with van der Waals surface area (Å²) in [5.74, 6) is 0.483. The Kier molecular flexibility index (Phi) is 4.52. The van der Waals surface area contributed by atoms with Crippen LogP contribution in [0.2, 0.25) is 0 Å². The maximum absolute atomic E-state index is 12.2. The number of benzene rings is 1. The minimum Gasteiger partial charge on any atom is -0.497 e. The minimum absolute atomic E-state index is 0.0238. The molecule has 2 atom stereocenters. The Balaban J connectivity index is 2.10. The molecule has 0 aromatic heterocycles. The zero-order valence-electron chi connectivity index (χ0n) is 11.4. The number of rotatable bonds is 5. The zero-order chi connectivity index (χ0) is 14.8. The van der Waals surface area contributed by atoms with Gasteiger partial charge in [-0.15, -0.1) is 0 Å². The van der Waals surface area contributed by atoms with Crippen molar-refractivity contribution in [2.75, 3.05) is 19.4 Å². The lowest BCUT2D eigenvalue weighted by molar-refractivity contribution is 0.134. The highest BCUT2D eigenvalue weighted by Gasteiger charge is 2.27. The van der Waals surface area contributed by atoms with Gasteiger partial charge in [-0.1, -0.05) is 6.42 Å². The molecule has 0 radical (unpaired) electrons. The number of nitrogens with two attached hydrogens (primary N) is 1. The molecule has 1 saturated carbocycles. The number of aliphatic hydroxyl groups is 1. The highest BCUT2D eigenvalue weighted by molar-refractivity contribution is 7.89. The van der Waals surface area contributed by atoms with Crippen LogP contribution in [0.1, 0.15) is 19.3 Å². The molecule has 2 rings (SSSR count). The molecule has 0 bridgehead atoms. The summed E-state index contributed by atoms with van der Waals surface area (Å²) >= 11 is 0. The van der Waals surface area contributed by atoms with E-state index in [2.05, 4.69) is 4.72 Å². The molecule has 1 aromatic carbocycles. The molecule has 0 aliphatic heterocycles. The molecule has 112 valence electrons. The average Bonchev–Trinajstić information content (AvgIpc) is 2.81. The smallest absolute Gasteiger partial charge is 0.242 e. The summed E-state index contributed by atoms with van der Waals surface area (Å²) in [7, 11) is -2.18. The number of ether oxygens (including phenoxy) is 1. The third-order valence-electron chi connectivity index (χ3n) is 3.66. The zero-order valence-corrected chi connectivity index (χ0v) is 12.2. The molecule has 1 aromatic rings. The number of sulfonamides is 1. The SMILES string of the molecule is COc1ccc(S(=O)(=O)NCC2CCCC2O)c(N)c1. The van der Waals surface area contributed by atoms with Gasteiger partial charge in [0.1, 0.15) is 10.6 Å². The van der Waals surface area contributed by atoms with Gasteiger partial charge in [-0.3, -0.25) is 0 Å². The quantitative estimate of drug-likeness (QED) is 0.695. The van der Waals surface area contributed by atoms with Crippen molar-refractivity contribution in [3.63, 3.8) is 0 Å². The lowest BCUT2D eigenvalue weighted by atomic mass is 10.1. The van der Waals surface area contributed by atoms with E-state index in [0.29, 0.717) is 5.75 Å². The Morgan fingerprint density at radius 3 is 2.75 bits per heavy atom. The van der Waals surface area contributed by atoms with Crippen LogP contribution in [0.4, 0.5) is 5.69 Å². The van der Waals surface area contributed by atoms with Crippen LogP contribution in [0.5, 0.6) is 5.75 Å². The highest BCUT2D eigenvalue weighted by atomic mass is 32.2. The Morgan fingerprint density at radius 1 is 1.45 bits per heavy atom. The van der Waals surface area contributed by atoms with Crippen molar-refractivity contribution in [2.45, 2.75) is 30.3 Å². The fourth-order valence-corrected chi connectivity index (χ4v) is 3.65. The second-order valence-corrected chi connectivity index (χ2v) is 6.75. The minimum atomic E-state index is -3.67. The molecule has 0 spiro atoms. The molecule has 0 heterocycles. The van der Waals surface area contributed by atoms with Gasteiger partial charge in [0.05, 0.1) is 18.9 Å². The van der Waals surface area contributed by atoms with Crippen LogP contribution in [-0.4, -0.2) is 33.3 Å². The predicted molar refractivity (Wildman–Crippen MR) is 75.9 cm³/mol. The number of hydrogen-bond donors (Lipinski definition) is 3. The molecular weight excluding hydrogens is 280 g/mol. The molecule has 1 fully saturated rings. The van der Waals surface area contributed by atoms with E-state index < -0.39 is 16.1 Å². The van der Waals surface area contributed by atoms with Gasteiger partial charge < -0.3 is 15.6 Å². The molecule has 2 unspecified atom stereocenters. The normalized spacial score (nSPS) is 22.9. The van der Waals surface area contributed by atoms with E-state index in [-0.39, 0.29) is 23.0 Å². The first-order valence-electron chi connectivity index (χ1n) is 6.55. The lowest BCUT2D eigenvalue weighted by Gasteiger charge is -2.16. The fourth-order valence-electron chi connectivity index (χ4n) is 2.45. The van der Waals surface area contributed by atoms with Crippen LogP contribution in [0.15, 0.2) is 23.1 Å². The summed E-state index contributed by atoms with van der Waals surface area (Å²) in [6, 6.07) is 4.44. The van der Waals surface area contributed by atoms with Crippen molar-refractivity contribution in [1.29, 1.82) is 0 Å². The Hall–Kier alpha value is -1.31. The largest absolute Gasteiger partial charge is 0.497 e. The van der Waals surface area contributed by atoms with Crippen molar-refractivity contribution in [2.24, 2.45) is 5.92 Å². The molecule has 4 N–H and O–H groups in total. The molecule has 6 nitrogen and oxygen atoms in total. The standard InChI is InChI=1S/C13H20N2O4S/c1-19-10-5-6-13(11(14)7-10)20(17,18)15-8-9-3-2-4-12(9)16/h5-7,9,12,15-16H,2-4,8,14H2,1H3. The van der Waals surface area contributed by atoms with E-state index in [4.69, 9.17) is 10.5 Å². The van der Waals surface area contributed by atoms with Crippen molar-refractivity contribution in [3.05, 3.63) is 18.2 Å². The fraction of sp³-hybridized carbons (Fsp3) is 0.538.